The number of nitrogens with one attached hydrogen (secondary N) is 2. The van der Waals surface area contributed by atoms with E-state index in [1.165, 1.54) is 6.42 Å². The molecule has 0 bridgehead atoms. The number of H-pyrrole nitrogens is 2. The highest BCUT2D eigenvalue weighted by Gasteiger charge is 2.47. The van der Waals surface area contributed by atoms with Gasteiger partial charge in [0.05, 0.1) is 5.56 Å². The zero-order valence-electron chi connectivity index (χ0n) is 11.6. The Morgan fingerprint density at radius 3 is 2.68 bits per heavy atom. The van der Waals surface area contributed by atoms with Crippen LogP contribution >= 0.6 is 0 Å². The topological polar surface area (TPSA) is 75.0 Å². The Bertz CT molecular complexity index is 614. The second kappa shape index (κ2) is 3.99. The van der Waals surface area contributed by atoms with Gasteiger partial charge in [0.15, 0.2) is 0 Å². The zero-order chi connectivity index (χ0) is 13.8. The zero-order valence-corrected chi connectivity index (χ0v) is 11.6. The quantitative estimate of drug-likeness (QED) is 0.749. The molecule has 0 amide bonds. The van der Waals surface area contributed by atoms with E-state index < -0.39 is 5.69 Å². The van der Waals surface area contributed by atoms with Gasteiger partial charge in [-0.3, -0.25) is 14.8 Å². The van der Waals surface area contributed by atoms with Crippen molar-refractivity contribution < 1.29 is 4.74 Å². The lowest BCUT2D eigenvalue weighted by molar-refractivity contribution is -0.0187. The summed E-state index contributed by atoms with van der Waals surface area (Å²) < 4.78 is 5.91. The van der Waals surface area contributed by atoms with Crippen molar-refractivity contribution in [2.45, 2.75) is 51.6 Å². The molecule has 3 rings (SSSR count). The Balaban J connectivity index is 2.18. The molecule has 1 fully saturated rings. The van der Waals surface area contributed by atoms with Gasteiger partial charge in [-0.1, -0.05) is 13.3 Å². The first-order valence-corrected chi connectivity index (χ1v) is 6.94. The monoisotopic (exact) mass is 264 g/mol. The van der Waals surface area contributed by atoms with Crippen LogP contribution in [-0.4, -0.2) is 15.6 Å². The van der Waals surface area contributed by atoms with E-state index >= 15 is 0 Å². The second-order valence-electron chi connectivity index (χ2n) is 6.49. The molecule has 0 radical (unpaired) electrons. The normalized spacial score (nSPS) is 32.1. The smallest absolute Gasteiger partial charge is 0.328 e. The summed E-state index contributed by atoms with van der Waals surface area (Å²) >= 11 is 0. The molecule has 1 aliphatic heterocycles. The van der Waals surface area contributed by atoms with Gasteiger partial charge in [0.1, 0.15) is 5.60 Å². The van der Waals surface area contributed by atoms with Crippen molar-refractivity contribution >= 4 is 0 Å². The standard InChI is InChI=1S/C14H20N2O3/c1-7-4-5-9-8(6-7)10-11(17)15-13(18)16-12(10)19-14(9,2)3/h7-9H,4-6H2,1-3H3,(H2,15,16,17,18)/t7-,8-,9+/m1/s1. The van der Waals surface area contributed by atoms with E-state index in [1.807, 2.05) is 13.8 Å². The maximum absolute atomic E-state index is 12.1. The summed E-state index contributed by atoms with van der Waals surface area (Å²) in [5.74, 6) is 1.50. The molecule has 2 aliphatic rings. The number of hydrogen-bond donors (Lipinski definition) is 2. The van der Waals surface area contributed by atoms with Gasteiger partial charge in [0, 0.05) is 11.8 Å². The molecule has 2 heterocycles. The number of aromatic nitrogens is 2. The third-order valence-electron chi connectivity index (χ3n) is 4.68. The average molecular weight is 264 g/mol. The third kappa shape index (κ3) is 1.91. The van der Waals surface area contributed by atoms with E-state index in [0.29, 0.717) is 23.3 Å². The molecule has 1 aliphatic carbocycles. The van der Waals surface area contributed by atoms with Gasteiger partial charge < -0.3 is 4.74 Å². The number of fused-ring (bicyclic) bond motifs is 3. The lowest BCUT2D eigenvalue weighted by Gasteiger charge is -2.47. The predicted octanol–water partition coefficient (Wildman–Crippen LogP) is 1.75. The summed E-state index contributed by atoms with van der Waals surface area (Å²) in [5.41, 5.74) is -0.496. The van der Waals surface area contributed by atoms with Crippen molar-refractivity contribution in [2.75, 3.05) is 0 Å². The summed E-state index contributed by atoms with van der Waals surface area (Å²) in [7, 11) is 0. The van der Waals surface area contributed by atoms with Crippen LogP contribution < -0.4 is 16.0 Å². The van der Waals surface area contributed by atoms with Crippen LogP contribution in [0.5, 0.6) is 5.88 Å². The van der Waals surface area contributed by atoms with Crippen molar-refractivity contribution in [3.8, 4) is 5.88 Å². The first kappa shape index (κ1) is 12.5. The summed E-state index contributed by atoms with van der Waals surface area (Å²) in [4.78, 5) is 28.5. The molecule has 3 atom stereocenters. The van der Waals surface area contributed by atoms with E-state index in [-0.39, 0.29) is 17.1 Å². The van der Waals surface area contributed by atoms with Crippen LogP contribution in [0.15, 0.2) is 9.59 Å². The Morgan fingerprint density at radius 2 is 1.95 bits per heavy atom. The number of ether oxygens (including phenoxy) is 1. The van der Waals surface area contributed by atoms with E-state index in [1.54, 1.807) is 0 Å². The maximum Gasteiger partial charge on any atom is 0.328 e. The molecule has 1 aromatic rings. The largest absolute Gasteiger partial charge is 0.472 e. The molecule has 2 N–H and O–H groups in total. The van der Waals surface area contributed by atoms with Gasteiger partial charge in [-0.05, 0) is 32.6 Å². The minimum absolute atomic E-state index is 0.183. The maximum atomic E-state index is 12.1. The molecule has 1 saturated carbocycles. The molecular formula is C14H20N2O3. The van der Waals surface area contributed by atoms with Gasteiger partial charge in [-0.2, -0.15) is 0 Å². The lowest BCUT2D eigenvalue weighted by atomic mass is 9.65. The fraction of sp³-hybridized carbons (Fsp3) is 0.714. The van der Waals surface area contributed by atoms with Crippen molar-refractivity contribution in [2.24, 2.45) is 11.8 Å². The van der Waals surface area contributed by atoms with Crippen LogP contribution in [0.1, 0.15) is 51.5 Å². The average Bonchev–Trinajstić information content (AvgIpc) is 2.25. The van der Waals surface area contributed by atoms with Gasteiger partial charge in [0.25, 0.3) is 5.56 Å². The van der Waals surface area contributed by atoms with Crippen molar-refractivity contribution in [1.82, 2.24) is 9.97 Å². The van der Waals surface area contributed by atoms with Crippen LogP contribution in [0, 0.1) is 11.8 Å². The first-order chi connectivity index (χ1) is 8.88. The number of hydrogen-bond acceptors (Lipinski definition) is 3. The molecule has 0 saturated heterocycles. The second-order valence-corrected chi connectivity index (χ2v) is 6.49. The minimum Gasteiger partial charge on any atom is -0.472 e. The molecule has 5 nitrogen and oxygen atoms in total. The van der Waals surface area contributed by atoms with Crippen molar-refractivity contribution in [3.63, 3.8) is 0 Å². The molecule has 0 aromatic carbocycles. The first-order valence-electron chi connectivity index (χ1n) is 6.94. The van der Waals surface area contributed by atoms with Gasteiger partial charge in [0.2, 0.25) is 5.88 Å². The SMILES string of the molecule is C[C@@H]1CC[C@H]2[C@@H](C1)c1c([nH]c(=O)[nH]c1=O)OC2(C)C. The van der Waals surface area contributed by atoms with Crippen LogP contribution in [0.25, 0.3) is 0 Å². The third-order valence-corrected chi connectivity index (χ3v) is 4.68. The highest BCUT2D eigenvalue weighted by atomic mass is 16.5. The van der Waals surface area contributed by atoms with Crippen LogP contribution in [0.4, 0.5) is 0 Å². The van der Waals surface area contributed by atoms with Crippen LogP contribution in [0.2, 0.25) is 0 Å². The highest BCUT2D eigenvalue weighted by molar-refractivity contribution is 5.32. The highest BCUT2D eigenvalue weighted by Crippen LogP contribution is 2.50. The summed E-state index contributed by atoms with van der Waals surface area (Å²) in [6.45, 7) is 6.31. The Labute approximate surface area is 111 Å². The predicted molar refractivity (Wildman–Crippen MR) is 71.6 cm³/mol. The number of aromatic amines is 2. The Hall–Kier alpha value is -1.52. The van der Waals surface area contributed by atoms with Gasteiger partial charge >= 0.3 is 5.69 Å². The molecule has 1 aromatic heterocycles. The molecule has 0 unspecified atom stereocenters. The van der Waals surface area contributed by atoms with Gasteiger partial charge in [-0.15, -0.1) is 0 Å². The molecular weight excluding hydrogens is 244 g/mol. The van der Waals surface area contributed by atoms with E-state index in [0.717, 1.165) is 12.8 Å². The van der Waals surface area contributed by atoms with Crippen molar-refractivity contribution in [1.29, 1.82) is 0 Å². The lowest BCUT2D eigenvalue weighted by Crippen LogP contribution is -2.49. The fourth-order valence-electron chi connectivity index (χ4n) is 3.76. The van der Waals surface area contributed by atoms with Crippen LogP contribution in [-0.2, 0) is 0 Å². The molecule has 5 heteroatoms. The fourth-order valence-corrected chi connectivity index (χ4v) is 3.76. The van der Waals surface area contributed by atoms with Crippen LogP contribution in [0.3, 0.4) is 0 Å². The summed E-state index contributed by atoms with van der Waals surface area (Å²) in [5, 5.41) is 0. The van der Waals surface area contributed by atoms with E-state index in [4.69, 9.17) is 4.74 Å². The Kier molecular flexibility index (Phi) is 2.62. The molecule has 104 valence electrons. The minimum atomic E-state index is -0.498. The van der Waals surface area contributed by atoms with Gasteiger partial charge in [-0.25, -0.2) is 4.79 Å². The summed E-state index contributed by atoms with van der Waals surface area (Å²) in [6, 6.07) is 0. The molecule has 0 spiro atoms. The number of rotatable bonds is 0. The Morgan fingerprint density at radius 1 is 1.21 bits per heavy atom. The molecule has 19 heavy (non-hydrogen) atoms. The summed E-state index contributed by atoms with van der Waals surface area (Å²) in [6.07, 6.45) is 3.22. The van der Waals surface area contributed by atoms with E-state index in [9.17, 15) is 9.59 Å². The van der Waals surface area contributed by atoms with Crippen molar-refractivity contribution in [3.05, 3.63) is 26.4 Å². The van der Waals surface area contributed by atoms with E-state index in [2.05, 4.69) is 16.9 Å².